The van der Waals surface area contributed by atoms with E-state index in [1.165, 1.54) is 6.07 Å². The van der Waals surface area contributed by atoms with Gasteiger partial charge >= 0.3 is 0 Å². The van der Waals surface area contributed by atoms with Crippen molar-refractivity contribution in [3.8, 4) is 23.1 Å². The topological polar surface area (TPSA) is 104 Å². The molecule has 0 bridgehead atoms. The molecule has 9 heteroatoms. The fraction of sp³-hybridized carbons (Fsp3) is 0.444. The summed E-state index contributed by atoms with van der Waals surface area (Å²) in [5.74, 6) is 5.68. The van der Waals surface area contributed by atoms with Crippen molar-refractivity contribution in [2.45, 2.75) is 57.2 Å². The summed E-state index contributed by atoms with van der Waals surface area (Å²) in [7, 11) is 1.66. The Hall–Kier alpha value is -3.48. The molecule has 0 aliphatic heterocycles. The predicted octanol–water partition coefficient (Wildman–Crippen LogP) is 4.05. The number of hydrogen-bond acceptors (Lipinski definition) is 6. The molecule has 3 heterocycles. The van der Waals surface area contributed by atoms with Crippen molar-refractivity contribution < 1.29 is 14.2 Å². The minimum Gasteiger partial charge on any atom is -0.385 e. The molecule has 186 valence electrons. The SMILES string of the molecule is COCCCn1cc(-c2nc(N)nc3cn(C4CC4)nc23)c2cc(C#CC(C)(O)C3CC3)c(F)cc21. The summed E-state index contributed by atoms with van der Waals surface area (Å²) in [6, 6.07) is 3.63. The fourth-order valence-electron chi connectivity index (χ4n) is 4.76. The summed E-state index contributed by atoms with van der Waals surface area (Å²) in [6.07, 6.45) is 8.73. The molecule has 3 aromatic heterocycles. The van der Waals surface area contributed by atoms with Gasteiger partial charge in [-0.3, -0.25) is 4.68 Å². The first-order valence-electron chi connectivity index (χ1n) is 12.4. The Bertz CT molecular complexity index is 1530. The van der Waals surface area contributed by atoms with Crippen molar-refractivity contribution >= 4 is 27.9 Å². The monoisotopic (exact) mass is 488 g/mol. The summed E-state index contributed by atoms with van der Waals surface area (Å²) in [5, 5.41) is 16.2. The smallest absolute Gasteiger partial charge is 0.221 e. The Morgan fingerprint density at radius 3 is 2.75 bits per heavy atom. The number of ether oxygens (including phenoxy) is 1. The van der Waals surface area contributed by atoms with E-state index in [-0.39, 0.29) is 17.4 Å². The molecule has 6 rings (SSSR count). The number of fused-ring (bicyclic) bond motifs is 2. The number of nitrogens with two attached hydrogens (primary N) is 1. The third-order valence-electron chi connectivity index (χ3n) is 7.11. The number of nitrogen functional groups attached to an aromatic ring is 1. The summed E-state index contributed by atoms with van der Waals surface area (Å²) >= 11 is 0. The van der Waals surface area contributed by atoms with Crippen LogP contribution in [0.1, 0.15) is 50.6 Å². The molecule has 3 N–H and O–H groups in total. The largest absolute Gasteiger partial charge is 0.385 e. The lowest BCUT2D eigenvalue weighted by Gasteiger charge is -2.14. The Morgan fingerprint density at radius 2 is 2.03 bits per heavy atom. The molecule has 8 nitrogen and oxygen atoms in total. The maximum absolute atomic E-state index is 15.2. The van der Waals surface area contributed by atoms with Crippen LogP contribution in [0.15, 0.2) is 24.5 Å². The van der Waals surface area contributed by atoms with Crippen LogP contribution in [0.25, 0.3) is 33.2 Å². The molecule has 0 radical (unpaired) electrons. The molecule has 0 spiro atoms. The molecule has 1 aromatic carbocycles. The standard InChI is InChI=1S/C27H29FN6O2/c1-27(35,17-4-5-17)9-8-16-12-19-20(14-33(10-3-11-36-2)23(19)13-21(16)28)24-25-22(30-26(29)31-24)15-34(32-25)18-6-7-18/h12-15,17-18,35H,3-7,10-11H2,1-2H3,(H2,29,30). The van der Waals surface area contributed by atoms with E-state index in [2.05, 4.69) is 21.8 Å². The molecule has 1 atom stereocenters. The van der Waals surface area contributed by atoms with E-state index < -0.39 is 11.4 Å². The molecule has 1 unspecified atom stereocenters. The number of aryl methyl sites for hydroxylation is 1. The van der Waals surface area contributed by atoms with Crippen molar-refractivity contribution in [3.05, 3.63) is 35.9 Å². The highest BCUT2D eigenvalue weighted by Crippen LogP contribution is 2.40. The number of aromatic nitrogens is 5. The van der Waals surface area contributed by atoms with Crippen LogP contribution in [0, 0.1) is 23.6 Å². The van der Waals surface area contributed by atoms with Crippen molar-refractivity contribution in [3.63, 3.8) is 0 Å². The van der Waals surface area contributed by atoms with E-state index in [1.54, 1.807) is 20.1 Å². The lowest BCUT2D eigenvalue weighted by molar-refractivity contribution is 0.0980. The molecule has 0 amide bonds. The van der Waals surface area contributed by atoms with E-state index in [1.807, 2.05) is 21.6 Å². The van der Waals surface area contributed by atoms with E-state index in [9.17, 15) is 5.11 Å². The van der Waals surface area contributed by atoms with Gasteiger partial charge in [0, 0.05) is 37.4 Å². The molecule has 2 aliphatic carbocycles. The Morgan fingerprint density at radius 1 is 1.22 bits per heavy atom. The van der Waals surface area contributed by atoms with E-state index in [0.717, 1.165) is 48.6 Å². The zero-order chi connectivity index (χ0) is 25.0. The molecule has 2 saturated carbocycles. The lowest BCUT2D eigenvalue weighted by Crippen LogP contribution is -2.24. The number of rotatable bonds is 7. The molecule has 2 fully saturated rings. The third kappa shape index (κ3) is 4.21. The van der Waals surface area contributed by atoms with Gasteiger partial charge in [-0.15, -0.1) is 0 Å². The van der Waals surface area contributed by atoms with Gasteiger partial charge in [0.1, 0.15) is 28.1 Å². The second kappa shape index (κ2) is 8.57. The van der Waals surface area contributed by atoms with Crippen LogP contribution in [0.4, 0.5) is 10.3 Å². The average Bonchev–Trinajstić information content (AvgIpc) is 3.77. The van der Waals surface area contributed by atoms with Gasteiger partial charge in [-0.2, -0.15) is 5.10 Å². The summed E-state index contributed by atoms with van der Waals surface area (Å²) in [4.78, 5) is 8.98. The quantitative estimate of drug-likeness (QED) is 0.300. The van der Waals surface area contributed by atoms with Crippen molar-refractivity contribution in [2.75, 3.05) is 19.5 Å². The van der Waals surface area contributed by atoms with Crippen molar-refractivity contribution in [2.24, 2.45) is 5.92 Å². The lowest BCUT2D eigenvalue weighted by atomic mass is 10.00. The highest BCUT2D eigenvalue weighted by molar-refractivity contribution is 6.02. The molecule has 36 heavy (non-hydrogen) atoms. The maximum atomic E-state index is 15.2. The van der Waals surface area contributed by atoms with Crippen molar-refractivity contribution in [1.82, 2.24) is 24.3 Å². The summed E-state index contributed by atoms with van der Waals surface area (Å²) < 4.78 is 24.4. The van der Waals surface area contributed by atoms with Gasteiger partial charge in [0.05, 0.1) is 23.3 Å². The van der Waals surface area contributed by atoms with Crippen molar-refractivity contribution in [1.29, 1.82) is 0 Å². The van der Waals surface area contributed by atoms with E-state index in [4.69, 9.17) is 15.6 Å². The average molecular weight is 489 g/mol. The highest BCUT2D eigenvalue weighted by atomic mass is 19.1. The van der Waals surface area contributed by atoms with Crippen LogP contribution in [0.5, 0.6) is 0 Å². The first-order chi connectivity index (χ1) is 17.3. The zero-order valence-corrected chi connectivity index (χ0v) is 20.5. The molecular weight excluding hydrogens is 459 g/mol. The third-order valence-corrected chi connectivity index (χ3v) is 7.11. The zero-order valence-electron chi connectivity index (χ0n) is 20.5. The summed E-state index contributed by atoms with van der Waals surface area (Å²) in [6.45, 7) is 2.93. The van der Waals surface area contributed by atoms with Crippen LogP contribution in [0.3, 0.4) is 0 Å². The first-order valence-corrected chi connectivity index (χ1v) is 12.4. The number of aliphatic hydroxyl groups is 1. The molecule has 4 aromatic rings. The number of benzene rings is 1. The van der Waals surface area contributed by atoms with Gasteiger partial charge < -0.3 is 20.1 Å². The first kappa shape index (κ1) is 23.0. The number of hydrogen-bond donors (Lipinski definition) is 2. The van der Waals surface area contributed by atoms with Gasteiger partial charge in [0.15, 0.2) is 0 Å². The van der Waals surface area contributed by atoms with Gasteiger partial charge in [-0.1, -0.05) is 11.8 Å². The van der Waals surface area contributed by atoms with Gasteiger partial charge in [-0.25, -0.2) is 14.4 Å². The maximum Gasteiger partial charge on any atom is 0.221 e. The van der Waals surface area contributed by atoms with Crippen LogP contribution >= 0.6 is 0 Å². The second-order valence-corrected chi connectivity index (χ2v) is 10.1. The summed E-state index contributed by atoms with van der Waals surface area (Å²) in [5.41, 5.74) is 8.70. The van der Waals surface area contributed by atoms with Crippen LogP contribution < -0.4 is 5.73 Å². The van der Waals surface area contributed by atoms with Gasteiger partial charge in [-0.05, 0) is 57.1 Å². The molecule has 0 saturated heterocycles. The number of anilines is 1. The predicted molar refractivity (Wildman–Crippen MR) is 136 cm³/mol. The molecular formula is C27H29FN6O2. The van der Waals surface area contributed by atoms with E-state index in [0.29, 0.717) is 35.9 Å². The Kier molecular flexibility index (Phi) is 5.47. The van der Waals surface area contributed by atoms with Crippen LogP contribution in [0.2, 0.25) is 0 Å². The highest BCUT2D eigenvalue weighted by Gasteiger charge is 2.38. The minimum atomic E-state index is -1.13. The number of nitrogens with zero attached hydrogens (tertiary/aromatic N) is 5. The number of methoxy groups -OCH3 is 1. The van der Waals surface area contributed by atoms with Gasteiger partial charge in [0.2, 0.25) is 5.95 Å². The van der Waals surface area contributed by atoms with E-state index >= 15 is 4.39 Å². The second-order valence-electron chi connectivity index (χ2n) is 10.1. The fourth-order valence-corrected chi connectivity index (χ4v) is 4.76. The normalized spacial score (nSPS) is 17.3. The Labute approximate surface area is 208 Å². The number of halogens is 1. The minimum absolute atomic E-state index is 0.146. The van der Waals surface area contributed by atoms with Crippen LogP contribution in [-0.4, -0.2) is 48.7 Å². The van der Waals surface area contributed by atoms with Gasteiger partial charge in [0.25, 0.3) is 0 Å². The molecule has 2 aliphatic rings. The Balaban J connectivity index is 1.52. The van der Waals surface area contributed by atoms with Crippen LogP contribution in [-0.2, 0) is 11.3 Å².